The molecule has 0 radical (unpaired) electrons. The van der Waals surface area contributed by atoms with Crippen molar-refractivity contribution < 1.29 is 9.26 Å². The van der Waals surface area contributed by atoms with E-state index in [0.29, 0.717) is 24.2 Å². The lowest BCUT2D eigenvalue weighted by Gasteiger charge is -2.22. The molecule has 5 heteroatoms. The molecule has 5 nitrogen and oxygen atoms in total. The fourth-order valence-electron chi connectivity index (χ4n) is 2.12. The average Bonchev–Trinajstić information content (AvgIpc) is 2.76. The monoisotopic (exact) mass is 269 g/mol. The van der Waals surface area contributed by atoms with Crippen LogP contribution in [0.5, 0.6) is 0 Å². The van der Waals surface area contributed by atoms with E-state index in [1.165, 1.54) is 0 Å². The van der Waals surface area contributed by atoms with Crippen molar-refractivity contribution in [2.75, 3.05) is 13.7 Å². The Hall–Kier alpha value is -0.940. The smallest absolute Gasteiger partial charge is 0.226 e. The van der Waals surface area contributed by atoms with E-state index in [9.17, 15) is 0 Å². The minimum atomic E-state index is -0.102. The highest BCUT2D eigenvalue weighted by Crippen LogP contribution is 2.27. The fourth-order valence-corrected chi connectivity index (χ4v) is 2.12. The molecule has 1 atom stereocenters. The molecule has 1 rings (SSSR count). The Morgan fingerprint density at radius 2 is 2.00 bits per heavy atom. The Balaban J connectivity index is 2.60. The zero-order valence-electron chi connectivity index (χ0n) is 12.8. The number of aryl methyl sites for hydroxylation is 1. The number of hydrogen-bond donors (Lipinski definition) is 1. The predicted octanol–water partition coefficient (Wildman–Crippen LogP) is 2.72. The Kier molecular flexibility index (Phi) is 5.94. The summed E-state index contributed by atoms with van der Waals surface area (Å²) in [4.78, 5) is 4.43. The minimum Gasteiger partial charge on any atom is -0.373 e. The molecule has 0 bridgehead atoms. The molecule has 0 aliphatic rings. The maximum Gasteiger partial charge on any atom is 0.226 e. The molecule has 0 aliphatic heterocycles. The van der Waals surface area contributed by atoms with E-state index in [2.05, 4.69) is 37.8 Å². The van der Waals surface area contributed by atoms with E-state index >= 15 is 0 Å². The summed E-state index contributed by atoms with van der Waals surface area (Å²) in [5, 5.41) is 4.02. The number of methoxy groups -OCH3 is 1. The molecule has 19 heavy (non-hydrogen) atoms. The van der Waals surface area contributed by atoms with Crippen LogP contribution in [0.3, 0.4) is 0 Å². The number of aromatic nitrogens is 2. The number of rotatable bonds is 8. The van der Waals surface area contributed by atoms with Crippen LogP contribution in [0.15, 0.2) is 4.52 Å². The summed E-state index contributed by atoms with van der Waals surface area (Å²) in [5.41, 5.74) is 5.82. The van der Waals surface area contributed by atoms with Crippen molar-refractivity contribution in [3.8, 4) is 0 Å². The highest BCUT2D eigenvalue weighted by molar-refractivity contribution is 4.93. The lowest BCUT2D eigenvalue weighted by atomic mass is 9.84. The van der Waals surface area contributed by atoms with Gasteiger partial charge in [0.25, 0.3) is 0 Å². The van der Waals surface area contributed by atoms with Crippen LogP contribution >= 0.6 is 0 Å². The number of hydrogen-bond acceptors (Lipinski definition) is 5. The summed E-state index contributed by atoms with van der Waals surface area (Å²) in [6, 6.07) is 0. The van der Waals surface area contributed by atoms with Crippen molar-refractivity contribution in [3.63, 3.8) is 0 Å². The van der Waals surface area contributed by atoms with Crippen LogP contribution in [0.2, 0.25) is 0 Å². The molecule has 1 aromatic heterocycles. The highest BCUT2D eigenvalue weighted by Gasteiger charge is 2.23. The third-order valence-electron chi connectivity index (χ3n) is 3.43. The van der Waals surface area contributed by atoms with Crippen LogP contribution in [-0.2, 0) is 11.2 Å². The standard InChI is InChI=1S/C14H27N3O2/c1-10(2)12(18-5)13-16-11(19-17-13)6-7-14(3,4)8-9-15/h10,12H,6-9,15H2,1-5H3. The summed E-state index contributed by atoms with van der Waals surface area (Å²) in [7, 11) is 1.67. The average molecular weight is 269 g/mol. The van der Waals surface area contributed by atoms with Crippen LogP contribution in [0.1, 0.15) is 58.4 Å². The zero-order chi connectivity index (χ0) is 14.5. The van der Waals surface area contributed by atoms with E-state index in [4.69, 9.17) is 15.0 Å². The SMILES string of the molecule is COC(c1noc(CCC(C)(C)CCN)n1)C(C)C. The number of ether oxygens (including phenoxy) is 1. The topological polar surface area (TPSA) is 74.2 Å². The van der Waals surface area contributed by atoms with E-state index in [0.717, 1.165) is 19.3 Å². The zero-order valence-corrected chi connectivity index (χ0v) is 12.8. The molecule has 0 spiro atoms. The van der Waals surface area contributed by atoms with Gasteiger partial charge in [-0.2, -0.15) is 4.98 Å². The van der Waals surface area contributed by atoms with Crippen LogP contribution in [-0.4, -0.2) is 23.8 Å². The van der Waals surface area contributed by atoms with Crippen molar-refractivity contribution >= 4 is 0 Å². The van der Waals surface area contributed by atoms with E-state index in [1.807, 2.05) is 0 Å². The Bertz CT molecular complexity index is 375. The van der Waals surface area contributed by atoms with Crippen LogP contribution < -0.4 is 5.73 Å². The third-order valence-corrected chi connectivity index (χ3v) is 3.43. The first-order valence-corrected chi connectivity index (χ1v) is 6.95. The normalized spacial score (nSPS) is 14.1. The van der Waals surface area contributed by atoms with Gasteiger partial charge in [-0.25, -0.2) is 0 Å². The fraction of sp³-hybridized carbons (Fsp3) is 0.857. The molecule has 0 fully saturated rings. The second-order valence-corrected chi connectivity index (χ2v) is 6.15. The summed E-state index contributed by atoms with van der Waals surface area (Å²) < 4.78 is 10.7. The molecule has 0 aromatic carbocycles. The highest BCUT2D eigenvalue weighted by atomic mass is 16.5. The quantitative estimate of drug-likeness (QED) is 0.785. The van der Waals surface area contributed by atoms with Gasteiger partial charge < -0.3 is 15.0 Å². The van der Waals surface area contributed by atoms with Gasteiger partial charge in [-0.15, -0.1) is 0 Å². The molecule has 0 saturated heterocycles. The lowest BCUT2D eigenvalue weighted by molar-refractivity contribution is 0.0555. The summed E-state index contributed by atoms with van der Waals surface area (Å²) in [6.07, 6.45) is 2.68. The molecule has 1 heterocycles. The third kappa shape index (κ3) is 4.91. The Labute approximate surface area is 115 Å². The van der Waals surface area contributed by atoms with Crippen LogP contribution in [0, 0.1) is 11.3 Å². The molecule has 2 N–H and O–H groups in total. The van der Waals surface area contributed by atoms with Gasteiger partial charge in [-0.1, -0.05) is 32.9 Å². The van der Waals surface area contributed by atoms with Gasteiger partial charge in [0.1, 0.15) is 6.10 Å². The van der Waals surface area contributed by atoms with Gasteiger partial charge >= 0.3 is 0 Å². The molecule has 1 unspecified atom stereocenters. The van der Waals surface area contributed by atoms with Crippen LogP contribution in [0.25, 0.3) is 0 Å². The van der Waals surface area contributed by atoms with Crippen molar-refractivity contribution in [2.45, 2.75) is 53.1 Å². The largest absolute Gasteiger partial charge is 0.373 e. The molecule has 0 saturated carbocycles. The van der Waals surface area contributed by atoms with Gasteiger partial charge in [0.05, 0.1) is 0 Å². The molecular weight excluding hydrogens is 242 g/mol. The summed E-state index contributed by atoms with van der Waals surface area (Å²) >= 11 is 0. The second kappa shape index (κ2) is 7.01. The summed E-state index contributed by atoms with van der Waals surface area (Å²) in [6.45, 7) is 9.29. The Morgan fingerprint density at radius 1 is 1.32 bits per heavy atom. The summed E-state index contributed by atoms with van der Waals surface area (Å²) in [5.74, 6) is 1.65. The van der Waals surface area contributed by atoms with Gasteiger partial charge in [-0.3, -0.25) is 0 Å². The number of nitrogens with two attached hydrogens (primary N) is 1. The van der Waals surface area contributed by atoms with Crippen molar-refractivity contribution in [1.82, 2.24) is 10.1 Å². The van der Waals surface area contributed by atoms with Gasteiger partial charge in [0, 0.05) is 13.5 Å². The van der Waals surface area contributed by atoms with Gasteiger partial charge in [0.2, 0.25) is 11.7 Å². The number of nitrogens with zero attached hydrogens (tertiary/aromatic N) is 2. The van der Waals surface area contributed by atoms with Crippen molar-refractivity contribution in [3.05, 3.63) is 11.7 Å². The Morgan fingerprint density at radius 3 is 2.53 bits per heavy atom. The van der Waals surface area contributed by atoms with Crippen molar-refractivity contribution in [2.24, 2.45) is 17.1 Å². The first-order valence-electron chi connectivity index (χ1n) is 6.95. The maximum atomic E-state index is 5.61. The second-order valence-electron chi connectivity index (χ2n) is 6.15. The molecular formula is C14H27N3O2. The van der Waals surface area contributed by atoms with Gasteiger partial charge in [-0.05, 0) is 30.7 Å². The van der Waals surface area contributed by atoms with E-state index < -0.39 is 0 Å². The van der Waals surface area contributed by atoms with Crippen LogP contribution in [0.4, 0.5) is 0 Å². The first kappa shape index (κ1) is 16.1. The van der Waals surface area contributed by atoms with E-state index in [1.54, 1.807) is 7.11 Å². The maximum absolute atomic E-state index is 5.61. The lowest BCUT2D eigenvalue weighted by Crippen LogP contribution is -2.18. The molecule has 110 valence electrons. The molecule has 0 aliphatic carbocycles. The predicted molar refractivity (Wildman–Crippen MR) is 74.7 cm³/mol. The van der Waals surface area contributed by atoms with E-state index in [-0.39, 0.29) is 11.5 Å². The molecule has 0 amide bonds. The van der Waals surface area contributed by atoms with Gasteiger partial charge in [0.15, 0.2) is 0 Å². The minimum absolute atomic E-state index is 0.102. The first-order chi connectivity index (χ1) is 8.89. The molecule has 1 aromatic rings. The van der Waals surface area contributed by atoms with Crippen molar-refractivity contribution in [1.29, 1.82) is 0 Å².